The maximum atomic E-state index is 11.8. The standard InChI is InChI=1S/C14H18BrNO3/c1-2-5-11(14(18)19)9-16-13(17)8-10-6-3-4-7-12(10)15/h3-4,6-7,11H,2,5,8-9H2,1H3,(H,16,17)(H,18,19). The minimum atomic E-state index is -0.858. The van der Waals surface area contributed by atoms with Crippen molar-refractivity contribution in [2.24, 2.45) is 5.92 Å². The molecule has 1 amide bonds. The second-order valence-electron chi connectivity index (χ2n) is 4.40. The molecule has 0 aliphatic carbocycles. The summed E-state index contributed by atoms with van der Waals surface area (Å²) in [4.78, 5) is 22.7. The van der Waals surface area contributed by atoms with Gasteiger partial charge in [-0.3, -0.25) is 9.59 Å². The van der Waals surface area contributed by atoms with Gasteiger partial charge in [-0.05, 0) is 18.1 Å². The first-order valence-corrected chi connectivity index (χ1v) is 7.06. The van der Waals surface area contributed by atoms with Crippen LogP contribution in [0.15, 0.2) is 28.7 Å². The van der Waals surface area contributed by atoms with E-state index in [1.54, 1.807) is 0 Å². The van der Waals surface area contributed by atoms with Crippen molar-refractivity contribution in [2.45, 2.75) is 26.2 Å². The van der Waals surface area contributed by atoms with Crippen LogP contribution in [0.4, 0.5) is 0 Å². The summed E-state index contributed by atoms with van der Waals surface area (Å²) in [6.07, 6.45) is 1.61. The van der Waals surface area contributed by atoms with Crippen LogP contribution in [0.2, 0.25) is 0 Å². The van der Waals surface area contributed by atoms with Crippen molar-refractivity contribution in [1.29, 1.82) is 0 Å². The SMILES string of the molecule is CCCC(CNC(=O)Cc1ccccc1Br)C(=O)O. The van der Waals surface area contributed by atoms with Crippen LogP contribution < -0.4 is 5.32 Å². The molecule has 0 saturated heterocycles. The lowest BCUT2D eigenvalue weighted by atomic mass is 10.0. The van der Waals surface area contributed by atoms with Crippen molar-refractivity contribution in [1.82, 2.24) is 5.32 Å². The van der Waals surface area contributed by atoms with Crippen molar-refractivity contribution in [3.05, 3.63) is 34.3 Å². The molecule has 1 rings (SSSR count). The predicted octanol–water partition coefficient (Wildman–Crippen LogP) is 2.61. The zero-order chi connectivity index (χ0) is 14.3. The molecule has 1 aromatic rings. The van der Waals surface area contributed by atoms with Crippen LogP contribution >= 0.6 is 15.9 Å². The summed E-state index contributed by atoms with van der Waals surface area (Å²) in [5.74, 6) is -1.52. The molecule has 19 heavy (non-hydrogen) atoms. The number of nitrogens with one attached hydrogen (secondary N) is 1. The minimum absolute atomic E-state index is 0.158. The van der Waals surface area contributed by atoms with E-state index in [0.29, 0.717) is 6.42 Å². The Labute approximate surface area is 121 Å². The van der Waals surface area contributed by atoms with Gasteiger partial charge < -0.3 is 10.4 Å². The third-order valence-corrected chi connectivity index (χ3v) is 3.61. The average Bonchev–Trinajstić information content (AvgIpc) is 2.37. The first-order chi connectivity index (χ1) is 9.04. The number of carbonyl (C=O) groups is 2. The highest BCUT2D eigenvalue weighted by Crippen LogP contribution is 2.16. The molecule has 5 heteroatoms. The zero-order valence-electron chi connectivity index (χ0n) is 10.9. The van der Waals surface area contributed by atoms with E-state index >= 15 is 0 Å². The fourth-order valence-corrected chi connectivity index (χ4v) is 2.20. The summed E-state index contributed by atoms with van der Waals surface area (Å²) in [6.45, 7) is 2.12. The van der Waals surface area contributed by atoms with Gasteiger partial charge in [0.25, 0.3) is 0 Å². The van der Waals surface area contributed by atoms with Gasteiger partial charge in [-0.15, -0.1) is 0 Å². The van der Waals surface area contributed by atoms with E-state index in [9.17, 15) is 9.59 Å². The number of aliphatic carboxylic acids is 1. The van der Waals surface area contributed by atoms with Gasteiger partial charge in [-0.25, -0.2) is 0 Å². The molecule has 0 saturated carbocycles. The Hall–Kier alpha value is -1.36. The van der Waals surface area contributed by atoms with Crippen molar-refractivity contribution in [2.75, 3.05) is 6.54 Å². The maximum absolute atomic E-state index is 11.8. The van der Waals surface area contributed by atoms with E-state index in [4.69, 9.17) is 5.11 Å². The summed E-state index contributed by atoms with van der Waals surface area (Å²) >= 11 is 3.38. The number of rotatable bonds is 7. The lowest BCUT2D eigenvalue weighted by Gasteiger charge is -2.12. The fourth-order valence-electron chi connectivity index (χ4n) is 1.78. The summed E-state index contributed by atoms with van der Waals surface area (Å²) in [7, 11) is 0. The molecule has 0 spiro atoms. The highest BCUT2D eigenvalue weighted by molar-refractivity contribution is 9.10. The van der Waals surface area contributed by atoms with Gasteiger partial charge in [-0.1, -0.05) is 47.5 Å². The van der Waals surface area contributed by atoms with Crippen LogP contribution in [0.1, 0.15) is 25.3 Å². The van der Waals surface area contributed by atoms with Crippen molar-refractivity contribution >= 4 is 27.8 Å². The monoisotopic (exact) mass is 327 g/mol. The number of hydrogen-bond donors (Lipinski definition) is 2. The molecule has 4 nitrogen and oxygen atoms in total. The van der Waals surface area contributed by atoms with E-state index in [-0.39, 0.29) is 18.9 Å². The Bertz CT molecular complexity index is 448. The van der Waals surface area contributed by atoms with Crippen molar-refractivity contribution in [3.63, 3.8) is 0 Å². The van der Waals surface area contributed by atoms with Crippen LogP contribution in [0.3, 0.4) is 0 Å². The third-order valence-electron chi connectivity index (χ3n) is 2.84. The highest BCUT2D eigenvalue weighted by Gasteiger charge is 2.17. The molecule has 0 aromatic heterocycles. The summed E-state index contributed by atoms with van der Waals surface area (Å²) < 4.78 is 0.883. The van der Waals surface area contributed by atoms with Crippen LogP contribution in [0.5, 0.6) is 0 Å². The second-order valence-corrected chi connectivity index (χ2v) is 5.25. The highest BCUT2D eigenvalue weighted by atomic mass is 79.9. The first kappa shape index (κ1) is 15.7. The zero-order valence-corrected chi connectivity index (χ0v) is 12.4. The van der Waals surface area contributed by atoms with Crippen molar-refractivity contribution < 1.29 is 14.7 Å². The predicted molar refractivity (Wildman–Crippen MR) is 76.9 cm³/mol. The molecule has 0 fully saturated rings. The van der Waals surface area contributed by atoms with Gasteiger partial charge >= 0.3 is 5.97 Å². The van der Waals surface area contributed by atoms with Gasteiger partial charge in [-0.2, -0.15) is 0 Å². The molecule has 0 radical (unpaired) electrons. The molecule has 0 bridgehead atoms. The summed E-state index contributed by atoms with van der Waals surface area (Å²) in [5, 5.41) is 11.7. The number of halogens is 1. The molecule has 2 N–H and O–H groups in total. The topological polar surface area (TPSA) is 66.4 Å². The number of amides is 1. The Morgan fingerprint density at radius 2 is 2.05 bits per heavy atom. The quantitative estimate of drug-likeness (QED) is 0.808. The molecule has 0 aliphatic rings. The Balaban J connectivity index is 2.47. The van der Waals surface area contributed by atoms with E-state index in [1.807, 2.05) is 31.2 Å². The molecule has 1 unspecified atom stereocenters. The maximum Gasteiger partial charge on any atom is 0.308 e. The van der Waals surface area contributed by atoms with Gasteiger partial charge in [0.2, 0.25) is 5.91 Å². The number of hydrogen-bond acceptors (Lipinski definition) is 2. The average molecular weight is 328 g/mol. The molecular weight excluding hydrogens is 310 g/mol. The molecule has 1 atom stereocenters. The summed E-state index contributed by atoms with van der Waals surface area (Å²) in [5.41, 5.74) is 0.891. The number of carbonyl (C=O) groups excluding carboxylic acids is 1. The van der Waals surface area contributed by atoms with Gasteiger partial charge in [0.15, 0.2) is 0 Å². The van der Waals surface area contributed by atoms with E-state index in [1.165, 1.54) is 0 Å². The smallest absolute Gasteiger partial charge is 0.308 e. The van der Waals surface area contributed by atoms with Gasteiger partial charge in [0.05, 0.1) is 12.3 Å². The first-order valence-electron chi connectivity index (χ1n) is 6.27. The minimum Gasteiger partial charge on any atom is -0.481 e. The normalized spacial score (nSPS) is 11.9. The lowest BCUT2D eigenvalue weighted by molar-refractivity contribution is -0.141. The number of carboxylic acid groups (broad SMARTS) is 1. The second kappa shape index (κ2) is 7.94. The third kappa shape index (κ3) is 5.42. The van der Waals surface area contributed by atoms with Crippen LogP contribution in [0.25, 0.3) is 0 Å². The number of benzene rings is 1. The van der Waals surface area contributed by atoms with Crippen LogP contribution in [-0.4, -0.2) is 23.5 Å². The van der Waals surface area contributed by atoms with Crippen LogP contribution in [0, 0.1) is 5.92 Å². The molecule has 0 aliphatic heterocycles. The largest absolute Gasteiger partial charge is 0.481 e. The van der Waals surface area contributed by atoms with Gasteiger partial charge in [0.1, 0.15) is 0 Å². The van der Waals surface area contributed by atoms with E-state index in [0.717, 1.165) is 16.5 Å². The number of carboxylic acids is 1. The Kier molecular flexibility index (Phi) is 6.56. The Morgan fingerprint density at radius 3 is 2.63 bits per heavy atom. The molecule has 0 heterocycles. The summed E-state index contributed by atoms with van der Waals surface area (Å²) in [6, 6.07) is 7.49. The van der Waals surface area contributed by atoms with E-state index < -0.39 is 11.9 Å². The fraction of sp³-hybridized carbons (Fsp3) is 0.429. The van der Waals surface area contributed by atoms with Crippen LogP contribution in [-0.2, 0) is 16.0 Å². The van der Waals surface area contributed by atoms with Crippen molar-refractivity contribution in [3.8, 4) is 0 Å². The molecule has 104 valence electrons. The molecular formula is C14H18BrNO3. The van der Waals surface area contributed by atoms with Gasteiger partial charge in [0, 0.05) is 11.0 Å². The lowest BCUT2D eigenvalue weighted by Crippen LogP contribution is -2.33. The Morgan fingerprint density at radius 1 is 1.37 bits per heavy atom. The van der Waals surface area contributed by atoms with E-state index in [2.05, 4.69) is 21.2 Å². The molecule has 1 aromatic carbocycles.